The zero-order valence-electron chi connectivity index (χ0n) is 10.4. The van der Waals surface area contributed by atoms with Gasteiger partial charge in [0.05, 0.1) is 0 Å². The third kappa shape index (κ3) is 3.47. The molecule has 2 rings (SSSR count). The van der Waals surface area contributed by atoms with E-state index in [1.165, 1.54) is 19.3 Å². The van der Waals surface area contributed by atoms with Crippen LogP contribution in [-0.2, 0) is 4.79 Å². The molecule has 1 aliphatic carbocycles. The van der Waals surface area contributed by atoms with Gasteiger partial charge in [0.2, 0.25) is 5.91 Å². The smallest absolute Gasteiger partial charge is 0.239 e. The summed E-state index contributed by atoms with van der Waals surface area (Å²) in [5.74, 6) is -0.345. The Hall–Kier alpha value is -1.06. The molecule has 1 unspecified atom stereocenters. The highest BCUT2D eigenvalue weighted by atomic mass is 35.5. The fraction of sp³-hybridized carbons (Fsp3) is 0.500. The first-order chi connectivity index (χ1) is 8.66. The van der Waals surface area contributed by atoms with E-state index in [9.17, 15) is 4.79 Å². The SMILES string of the molecule is NC(=O)C(NC1CCCCC1)c1cccc(Cl)c1. The fourth-order valence-electron chi connectivity index (χ4n) is 2.53. The Bertz CT molecular complexity index is 416. The van der Waals surface area contributed by atoms with Gasteiger partial charge in [-0.15, -0.1) is 0 Å². The number of halogens is 1. The lowest BCUT2D eigenvalue weighted by Gasteiger charge is -2.27. The van der Waals surface area contributed by atoms with Gasteiger partial charge in [-0.05, 0) is 30.5 Å². The standard InChI is InChI=1S/C14H19ClN2O/c15-11-6-4-5-10(9-11)13(14(16)18)17-12-7-2-1-3-8-12/h4-6,9,12-13,17H,1-3,7-8H2,(H2,16,18). The maximum Gasteiger partial charge on any atom is 0.239 e. The van der Waals surface area contributed by atoms with E-state index in [-0.39, 0.29) is 5.91 Å². The van der Waals surface area contributed by atoms with Crippen LogP contribution in [0.3, 0.4) is 0 Å². The van der Waals surface area contributed by atoms with E-state index in [1.807, 2.05) is 12.1 Å². The predicted molar refractivity (Wildman–Crippen MR) is 73.4 cm³/mol. The molecule has 1 saturated carbocycles. The Morgan fingerprint density at radius 1 is 1.33 bits per heavy atom. The second-order valence-electron chi connectivity index (χ2n) is 4.89. The third-order valence-corrected chi connectivity index (χ3v) is 3.71. The molecule has 1 aliphatic rings. The highest BCUT2D eigenvalue weighted by Gasteiger charge is 2.23. The monoisotopic (exact) mass is 266 g/mol. The van der Waals surface area contributed by atoms with Gasteiger partial charge in [0.25, 0.3) is 0 Å². The van der Waals surface area contributed by atoms with Crippen molar-refractivity contribution in [3.63, 3.8) is 0 Å². The number of hydrogen-bond acceptors (Lipinski definition) is 2. The second-order valence-corrected chi connectivity index (χ2v) is 5.33. The summed E-state index contributed by atoms with van der Waals surface area (Å²) < 4.78 is 0. The van der Waals surface area contributed by atoms with E-state index in [0.717, 1.165) is 18.4 Å². The van der Waals surface area contributed by atoms with Crippen molar-refractivity contribution in [1.29, 1.82) is 0 Å². The van der Waals surface area contributed by atoms with Crippen LogP contribution in [0.15, 0.2) is 24.3 Å². The lowest BCUT2D eigenvalue weighted by atomic mass is 9.94. The van der Waals surface area contributed by atoms with Crippen molar-refractivity contribution < 1.29 is 4.79 Å². The van der Waals surface area contributed by atoms with Gasteiger partial charge in [-0.25, -0.2) is 0 Å². The van der Waals surface area contributed by atoms with Crippen LogP contribution in [0.1, 0.15) is 43.7 Å². The normalized spacial score (nSPS) is 18.5. The molecule has 0 bridgehead atoms. The highest BCUT2D eigenvalue weighted by molar-refractivity contribution is 6.30. The third-order valence-electron chi connectivity index (χ3n) is 3.47. The van der Waals surface area contributed by atoms with Crippen LogP contribution in [0, 0.1) is 0 Å². The fourth-order valence-corrected chi connectivity index (χ4v) is 2.73. The maximum atomic E-state index is 11.6. The van der Waals surface area contributed by atoms with Crippen LogP contribution >= 0.6 is 11.6 Å². The van der Waals surface area contributed by atoms with Crippen molar-refractivity contribution in [2.24, 2.45) is 5.73 Å². The van der Waals surface area contributed by atoms with Crippen LogP contribution < -0.4 is 11.1 Å². The van der Waals surface area contributed by atoms with Gasteiger partial charge in [0.1, 0.15) is 6.04 Å². The van der Waals surface area contributed by atoms with E-state index in [1.54, 1.807) is 12.1 Å². The Morgan fingerprint density at radius 2 is 2.06 bits per heavy atom. The Balaban J connectivity index is 2.10. The molecule has 3 N–H and O–H groups in total. The molecule has 3 nitrogen and oxygen atoms in total. The van der Waals surface area contributed by atoms with Gasteiger partial charge >= 0.3 is 0 Å². The molecule has 0 aromatic heterocycles. The van der Waals surface area contributed by atoms with Crippen LogP contribution in [0.5, 0.6) is 0 Å². The predicted octanol–water partition coefficient (Wildman–Crippen LogP) is 2.79. The van der Waals surface area contributed by atoms with Gasteiger partial charge in [-0.1, -0.05) is 43.0 Å². The minimum Gasteiger partial charge on any atom is -0.368 e. The zero-order chi connectivity index (χ0) is 13.0. The number of carbonyl (C=O) groups is 1. The molecule has 0 radical (unpaired) electrons. The average Bonchev–Trinajstić information content (AvgIpc) is 2.37. The van der Waals surface area contributed by atoms with Gasteiger partial charge in [0, 0.05) is 11.1 Å². The van der Waals surface area contributed by atoms with Crippen molar-refractivity contribution in [3.05, 3.63) is 34.9 Å². The molecule has 0 aliphatic heterocycles. The second kappa shape index (κ2) is 6.21. The number of hydrogen-bond donors (Lipinski definition) is 2. The molecule has 1 fully saturated rings. The molecule has 1 amide bonds. The van der Waals surface area contributed by atoms with Gasteiger partial charge in [-0.3, -0.25) is 10.1 Å². The number of benzene rings is 1. The summed E-state index contributed by atoms with van der Waals surface area (Å²) in [4.78, 5) is 11.6. The Labute approximate surface area is 113 Å². The number of carbonyl (C=O) groups excluding carboxylic acids is 1. The van der Waals surface area contributed by atoms with Crippen molar-refractivity contribution >= 4 is 17.5 Å². The molecule has 98 valence electrons. The molecule has 4 heteroatoms. The van der Waals surface area contributed by atoms with Gasteiger partial charge < -0.3 is 5.73 Å². The topological polar surface area (TPSA) is 55.1 Å². The van der Waals surface area contributed by atoms with E-state index in [4.69, 9.17) is 17.3 Å². The zero-order valence-corrected chi connectivity index (χ0v) is 11.1. The first kappa shape index (κ1) is 13.4. The van der Waals surface area contributed by atoms with Gasteiger partial charge in [0.15, 0.2) is 0 Å². The molecule has 0 spiro atoms. The Morgan fingerprint density at radius 3 is 2.67 bits per heavy atom. The molecular weight excluding hydrogens is 248 g/mol. The summed E-state index contributed by atoms with van der Waals surface area (Å²) in [5, 5.41) is 3.99. The molecule has 1 aromatic rings. The number of rotatable bonds is 4. The number of nitrogens with one attached hydrogen (secondary N) is 1. The van der Waals surface area contributed by atoms with Crippen LogP contribution in [0.25, 0.3) is 0 Å². The molecule has 0 saturated heterocycles. The highest BCUT2D eigenvalue weighted by Crippen LogP contribution is 2.23. The number of amides is 1. The summed E-state index contributed by atoms with van der Waals surface area (Å²) >= 11 is 5.96. The van der Waals surface area contributed by atoms with Crippen molar-refractivity contribution in [3.8, 4) is 0 Å². The number of primary amides is 1. The van der Waals surface area contributed by atoms with Gasteiger partial charge in [-0.2, -0.15) is 0 Å². The lowest BCUT2D eigenvalue weighted by molar-refractivity contribution is -0.120. The van der Waals surface area contributed by atoms with Crippen LogP contribution in [0.2, 0.25) is 5.02 Å². The average molecular weight is 267 g/mol. The molecule has 1 aromatic carbocycles. The van der Waals surface area contributed by atoms with Crippen molar-refractivity contribution in [2.45, 2.75) is 44.2 Å². The number of nitrogens with two attached hydrogens (primary N) is 1. The summed E-state index contributed by atoms with van der Waals surface area (Å²) in [6.45, 7) is 0. The molecule has 18 heavy (non-hydrogen) atoms. The van der Waals surface area contributed by atoms with Crippen molar-refractivity contribution in [1.82, 2.24) is 5.32 Å². The van der Waals surface area contributed by atoms with Crippen LogP contribution in [0.4, 0.5) is 0 Å². The Kier molecular flexibility index (Phi) is 4.61. The first-order valence-corrected chi connectivity index (χ1v) is 6.85. The lowest BCUT2D eigenvalue weighted by Crippen LogP contribution is -2.40. The summed E-state index contributed by atoms with van der Waals surface area (Å²) in [6, 6.07) is 7.27. The van der Waals surface area contributed by atoms with E-state index < -0.39 is 6.04 Å². The molecular formula is C14H19ClN2O. The largest absolute Gasteiger partial charge is 0.368 e. The van der Waals surface area contributed by atoms with Crippen molar-refractivity contribution in [2.75, 3.05) is 0 Å². The van der Waals surface area contributed by atoms with E-state index in [2.05, 4.69) is 5.32 Å². The quantitative estimate of drug-likeness (QED) is 0.880. The first-order valence-electron chi connectivity index (χ1n) is 6.47. The molecule has 0 heterocycles. The summed E-state index contributed by atoms with van der Waals surface area (Å²) in [7, 11) is 0. The minimum absolute atomic E-state index is 0.345. The minimum atomic E-state index is -0.438. The maximum absolute atomic E-state index is 11.6. The van der Waals surface area contributed by atoms with Crippen LogP contribution in [-0.4, -0.2) is 11.9 Å². The van der Waals surface area contributed by atoms with E-state index >= 15 is 0 Å². The van der Waals surface area contributed by atoms with E-state index in [0.29, 0.717) is 11.1 Å². The summed E-state index contributed by atoms with van der Waals surface area (Å²) in [5.41, 5.74) is 6.34. The molecule has 1 atom stereocenters. The summed E-state index contributed by atoms with van der Waals surface area (Å²) in [6.07, 6.45) is 5.96.